The molecule has 2 aromatic rings. The molecule has 1 aromatic heterocycles. The first-order chi connectivity index (χ1) is 14.6. The molecule has 2 fully saturated rings. The van der Waals surface area contributed by atoms with Crippen LogP contribution in [0.15, 0.2) is 24.5 Å². The number of morpholine rings is 2. The van der Waals surface area contributed by atoms with Gasteiger partial charge in [-0.2, -0.15) is 5.26 Å². The third-order valence-corrected chi connectivity index (χ3v) is 5.65. The molecule has 3 heterocycles. The van der Waals surface area contributed by atoms with Crippen molar-refractivity contribution < 1.29 is 14.3 Å². The molecule has 1 amide bonds. The van der Waals surface area contributed by atoms with Gasteiger partial charge in [0.25, 0.3) is 5.91 Å². The van der Waals surface area contributed by atoms with Crippen LogP contribution in [0.1, 0.15) is 12.5 Å². The van der Waals surface area contributed by atoms with Gasteiger partial charge in [0.05, 0.1) is 43.2 Å². The highest BCUT2D eigenvalue weighted by molar-refractivity contribution is 5.92. The highest BCUT2D eigenvalue weighted by atomic mass is 16.5. The number of anilines is 1. The number of hydrogen-bond donors (Lipinski definition) is 1. The van der Waals surface area contributed by atoms with Crippen LogP contribution >= 0.6 is 0 Å². The third kappa shape index (κ3) is 4.21. The van der Waals surface area contributed by atoms with Crippen molar-refractivity contribution in [2.45, 2.75) is 25.2 Å². The molecule has 1 aromatic carbocycles. The van der Waals surface area contributed by atoms with Gasteiger partial charge >= 0.3 is 0 Å². The van der Waals surface area contributed by atoms with E-state index in [1.165, 1.54) is 0 Å². The average Bonchev–Trinajstić information content (AvgIpc) is 2.77. The first kappa shape index (κ1) is 20.5. The second-order valence-electron chi connectivity index (χ2n) is 7.79. The molecule has 0 saturated carbocycles. The van der Waals surface area contributed by atoms with Crippen LogP contribution in [0.4, 0.5) is 5.69 Å². The zero-order valence-corrected chi connectivity index (χ0v) is 17.2. The number of carbonyl (C=O) groups is 1. The SMILES string of the molecule is CC1CN(c2ccc(C#N)c3nccnc23)CC(C(=O)NCC2COCCN2C)O1. The Labute approximate surface area is 175 Å². The van der Waals surface area contributed by atoms with Crippen LogP contribution in [0, 0.1) is 11.3 Å². The second kappa shape index (κ2) is 8.92. The minimum absolute atomic E-state index is 0.127. The largest absolute Gasteiger partial charge is 0.378 e. The summed E-state index contributed by atoms with van der Waals surface area (Å²) in [4.78, 5) is 25.9. The lowest BCUT2D eigenvalue weighted by Crippen LogP contribution is -2.55. The fourth-order valence-corrected chi connectivity index (χ4v) is 3.97. The Morgan fingerprint density at radius 1 is 1.30 bits per heavy atom. The second-order valence-corrected chi connectivity index (χ2v) is 7.79. The minimum Gasteiger partial charge on any atom is -0.378 e. The molecular weight excluding hydrogens is 384 g/mol. The van der Waals surface area contributed by atoms with E-state index in [4.69, 9.17) is 9.47 Å². The van der Waals surface area contributed by atoms with Crippen molar-refractivity contribution in [1.29, 1.82) is 5.26 Å². The molecule has 0 aliphatic carbocycles. The number of nitriles is 1. The monoisotopic (exact) mass is 410 g/mol. The Bertz CT molecular complexity index is 961. The molecule has 3 unspecified atom stereocenters. The molecule has 2 aliphatic rings. The standard InChI is InChI=1S/C21H26N6O3/c1-14-11-27(17-4-3-15(9-22)19-20(17)24-6-5-23-19)12-18(30-14)21(28)25-10-16-13-29-8-7-26(16)2/h3-6,14,16,18H,7-8,10-13H2,1-2H3,(H,25,28). The summed E-state index contributed by atoms with van der Waals surface area (Å²) < 4.78 is 11.5. The van der Waals surface area contributed by atoms with Crippen LogP contribution in [-0.4, -0.2) is 85.5 Å². The summed E-state index contributed by atoms with van der Waals surface area (Å²) in [5, 5.41) is 12.4. The number of benzene rings is 1. The van der Waals surface area contributed by atoms with Crippen molar-refractivity contribution in [2.24, 2.45) is 0 Å². The van der Waals surface area contributed by atoms with Crippen LogP contribution in [-0.2, 0) is 14.3 Å². The number of aromatic nitrogens is 2. The van der Waals surface area contributed by atoms with Crippen molar-refractivity contribution in [3.63, 3.8) is 0 Å². The van der Waals surface area contributed by atoms with Crippen molar-refractivity contribution >= 4 is 22.6 Å². The van der Waals surface area contributed by atoms with Gasteiger partial charge < -0.3 is 19.7 Å². The highest BCUT2D eigenvalue weighted by Gasteiger charge is 2.32. The first-order valence-electron chi connectivity index (χ1n) is 10.2. The summed E-state index contributed by atoms with van der Waals surface area (Å²) in [6.07, 6.45) is 2.48. The molecule has 2 saturated heterocycles. The fourth-order valence-electron chi connectivity index (χ4n) is 3.97. The lowest BCUT2D eigenvalue weighted by Gasteiger charge is -2.38. The van der Waals surface area contributed by atoms with E-state index in [0.29, 0.717) is 42.8 Å². The van der Waals surface area contributed by atoms with E-state index in [1.807, 2.05) is 20.0 Å². The summed E-state index contributed by atoms with van der Waals surface area (Å²) in [6, 6.07) is 5.95. The first-order valence-corrected chi connectivity index (χ1v) is 10.2. The van der Waals surface area contributed by atoms with Crippen LogP contribution in [0.5, 0.6) is 0 Å². The van der Waals surface area contributed by atoms with Crippen molar-refractivity contribution in [2.75, 3.05) is 51.3 Å². The van der Waals surface area contributed by atoms with Gasteiger partial charge in [0, 0.05) is 32.0 Å². The zero-order valence-electron chi connectivity index (χ0n) is 17.2. The predicted molar refractivity (Wildman–Crippen MR) is 111 cm³/mol. The minimum atomic E-state index is -0.592. The summed E-state index contributed by atoms with van der Waals surface area (Å²) in [5.41, 5.74) is 2.56. The van der Waals surface area contributed by atoms with E-state index >= 15 is 0 Å². The molecule has 30 heavy (non-hydrogen) atoms. The van der Waals surface area contributed by atoms with E-state index in [2.05, 4.69) is 31.2 Å². The molecule has 4 rings (SSSR count). The molecule has 0 spiro atoms. The summed E-state index contributed by atoms with van der Waals surface area (Å²) in [5.74, 6) is -0.130. The number of amides is 1. The normalized spacial score (nSPS) is 25.1. The average molecular weight is 410 g/mol. The van der Waals surface area contributed by atoms with Gasteiger partial charge in [-0.3, -0.25) is 19.7 Å². The maximum atomic E-state index is 12.8. The molecule has 9 heteroatoms. The highest BCUT2D eigenvalue weighted by Crippen LogP contribution is 2.28. The Morgan fingerprint density at radius 3 is 2.87 bits per heavy atom. The lowest BCUT2D eigenvalue weighted by molar-refractivity contribution is -0.137. The van der Waals surface area contributed by atoms with E-state index in [1.54, 1.807) is 18.5 Å². The number of hydrogen-bond acceptors (Lipinski definition) is 8. The number of nitrogens with zero attached hydrogens (tertiary/aromatic N) is 5. The zero-order chi connectivity index (χ0) is 21.1. The van der Waals surface area contributed by atoms with Gasteiger partial charge in [0.1, 0.15) is 17.1 Å². The summed E-state index contributed by atoms with van der Waals surface area (Å²) in [7, 11) is 2.04. The molecule has 9 nitrogen and oxygen atoms in total. The fraction of sp³-hybridized carbons (Fsp3) is 0.524. The topological polar surface area (TPSA) is 104 Å². The number of nitrogens with one attached hydrogen (secondary N) is 1. The van der Waals surface area contributed by atoms with Crippen LogP contribution < -0.4 is 10.2 Å². The van der Waals surface area contributed by atoms with E-state index in [-0.39, 0.29) is 18.1 Å². The predicted octanol–water partition coefficient (Wildman–Crippen LogP) is 0.542. The smallest absolute Gasteiger partial charge is 0.251 e. The van der Waals surface area contributed by atoms with Gasteiger partial charge in [-0.1, -0.05) is 0 Å². The summed E-state index contributed by atoms with van der Waals surface area (Å²) >= 11 is 0. The molecule has 2 aliphatic heterocycles. The quantitative estimate of drug-likeness (QED) is 0.779. The van der Waals surface area contributed by atoms with E-state index < -0.39 is 6.10 Å². The molecule has 1 N–H and O–H groups in total. The number of ether oxygens (including phenoxy) is 2. The van der Waals surface area contributed by atoms with Crippen molar-refractivity contribution in [1.82, 2.24) is 20.2 Å². The van der Waals surface area contributed by atoms with Crippen LogP contribution in [0.25, 0.3) is 11.0 Å². The molecule has 0 bridgehead atoms. The van der Waals surface area contributed by atoms with Gasteiger partial charge in [0.15, 0.2) is 6.10 Å². The van der Waals surface area contributed by atoms with Crippen LogP contribution in [0.2, 0.25) is 0 Å². The van der Waals surface area contributed by atoms with Crippen LogP contribution in [0.3, 0.4) is 0 Å². The van der Waals surface area contributed by atoms with Gasteiger partial charge in [-0.25, -0.2) is 0 Å². The maximum Gasteiger partial charge on any atom is 0.251 e. The van der Waals surface area contributed by atoms with Gasteiger partial charge in [-0.05, 0) is 26.1 Å². The van der Waals surface area contributed by atoms with E-state index in [0.717, 1.165) is 18.8 Å². The Kier molecular flexibility index (Phi) is 6.08. The number of fused-ring (bicyclic) bond motifs is 1. The van der Waals surface area contributed by atoms with Gasteiger partial charge in [0.2, 0.25) is 0 Å². The maximum absolute atomic E-state index is 12.8. The van der Waals surface area contributed by atoms with E-state index in [9.17, 15) is 10.1 Å². The Morgan fingerprint density at radius 2 is 2.10 bits per heavy atom. The van der Waals surface area contributed by atoms with Crippen molar-refractivity contribution in [3.8, 4) is 6.07 Å². The summed E-state index contributed by atoms with van der Waals surface area (Å²) in [6.45, 7) is 5.70. The van der Waals surface area contributed by atoms with Crippen molar-refractivity contribution in [3.05, 3.63) is 30.1 Å². The Hall–Kier alpha value is -2.80. The van der Waals surface area contributed by atoms with Gasteiger partial charge in [-0.15, -0.1) is 0 Å². The molecule has 3 atom stereocenters. The molecule has 0 radical (unpaired) electrons. The molecular formula is C21H26N6O3. The third-order valence-electron chi connectivity index (χ3n) is 5.65. The Balaban J connectivity index is 1.49. The lowest BCUT2D eigenvalue weighted by atomic mass is 10.1. The molecule has 158 valence electrons. The number of likely N-dealkylation sites (N-methyl/N-ethyl adjacent to an activating group) is 1. The number of carbonyl (C=O) groups excluding carboxylic acids is 1. The number of rotatable bonds is 4.